The van der Waals surface area contributed by atoms with Crippen LogP contribution < -0.4 is 0 Å². The molecule has 1 heteroatoms. The summed E-state index contributed by atoms with van der Waals surface area (Å²) in [7, 11) is 0. The molecule has 0 N–H and O–H groups in total. The van der Waals surface area contributed by atoms with Crippen LogP contribution >= 0.6 is 0 Å². The van der Waals surface area contributed by atoms with Gasteiger partial charge in [0.1, 0.15) is 11.2 Å². The predicted molar refractivity (Wildman–Crippen MR) is 190 cm³/mol. The van der Waals surface area contributed by atoms with Gasteiger partial charge < -0.3 is 4.42 Å². The number of hydrogen-bond acceptors (Lipinski definition) is 1. The zero-order valence-corrected chi connectivity index (χ0v) is 24.6. The van der Waals surface area contributed by atoms with Gasteiger partial charge in [-0.1, -0.05) is 158 Å². The second kappa shape index (κ2) is 10.4. The van der Waals surface area contributed by atoms with Crippen molar-refractivity contribution in [3.05, 3.63) is 170 Å². The van der Waals surface area contributed by atoms with Crippen LogP contribution in [-0.4, -0.2) is 0 Å². The van der Waals surface area contributed by atoms with Crippen molar-refractivity contribution in [2.24, 2.45) is 0 Å². The summed E-state index contributed by atoms with van der Waals surface area (Å²) in [6.07, 6.45) is 0. The highest BCUT2D eigenvalue weighted by Gasteiger charge is 2.18. The van der Waals surface area contributed by atoms with E-state index in [4.69, 9.17) is 4.42 Å². The van der Waals surface area contributed by atoms with Crippen LogP contribution in [0.4, 0.5) is 0 Å². The molecule has 0 saturated heterocycles. The maximum absolute atomic E-state index is 6.43. The normalized spacial score (nSPS) is 11.6. The molecule has 0 aliphatic heterocycles. The number of fused-ring (bicyclic) bond motifs is 5. The van der Waals surface area contributed by atoms with Gasteiger partial charge in [0, 0.05) is 16.3 Å². The summed E-state index contributed by atoms with van der Waals surface area (Å²) in [4.78, 5) is 0. The van der Waals surface area contributed by atoms with Crippen LogP contribution in [0.25, 0.3) is 88.0 Å². The van der Waals surface area contributed by atoms with Crippen molar-refractivity contribution in [1.29, 1.82) is 0 Å². The Morgan fingerprint density at radius 3 is 1.44 bits per heavy atom. The quantitative estimate of drug-likeness (QED) is 0.191. The van der Waals surface area contributed by atoms with Crippen molar-refractivity contribution in [2.45, 2.75) is 0 Å². The Morgan fingerprint density at radius 2 is 0.756 bits per heavy atom. The number of hydrogen-bond donors (Lipinski definition) is 0. The predicted octanol–water partition coefficient (Wildman–Crippen LogP) is 12.6. The van der Waals surface area contributed by atoms with E-state index in [1.54, 1.807) is 0 Å². The topological polar surface area (TPSA) is 13.1 Å². The molecule has 9 aromatic rings. The SMILES string of the molecule is c1ccc(-c2ccc(-c3c4ccccc4c(-c4cccc(-c5cccc6c5oc5ccccc56)c4)c4ccccc34)cc2)cc1. The lowest BCUT2D eigenvalue weighted by Gasteiger charge is -2.18. The smallest absolute Gasteiger partial charge is 0.143 e. The Balaban J connectivity index is 1.25. The molecular formula is C44H28O. The lowest BCUT2D eigenvalue weighted by molar-refractivity contribution is 0.670. The highest BCUT2D eigenvalue weighted by atomic mass is 16.3. The van der Waals surface area contributed by atoms with E-state index in [2.05, 4.69) is 158 Å². The monoisotopic (exact) mass is 572 g/mol. The van der Waals surface area contributed by atoms with Crippen molar-refractivity contribution >= 4 is 43.5 Å². The van der Waals surface area contributed by atoms with Crippen molar-refractivity contribution in [3.63, 3.8) is 0 Å². The van der Waals surface area contributed by atoms with Crippen LogP contribution in [0, 0.1) is 0 Å². The van der Waals surface area contributed by atoms with E-state index in [1.807, 2.05) is 12.1 Å². The minimum Gasteiger partial charge on any atom is -0.455 e. The van der Waals surface area contributed by atoms with E-state index in [-0.39, 0.29) is 0 Å². The van der Waals surface area contributed by atoms with Gasteiger partial charge in [0.15, 0.2) is 0 Å². The Kier molecular flexibility index (Phi) is 5.89. The van der Waals surface area contributed by atoms with Gasteiger partial charge in [0.2, 0.25) is 0 Å². The van der Waals surface area contributed by atoms with Crippen LogP contribution in [0.2, 0.25) is 0 Å². The molecule has 9 rings (SSSR count). The second-order valence-electron chi connectivity index (χ2n) is 11.6. The molecule has 0 radical (unpaired) electrons. The fourth-order valence-corrected chi connectivity index (χ4v) is 7.03. The van der Waals surface area contributed by atoms with Crippen molar-refractivity contribution in [1.82, 2.24) is 0 Å². The van der Waals surface area contributed by atoms with E-state index in [1.165, 1.54) is 54.9 Å². The molecule has 45 heavy (non-hydrogen) atoms. The first-order valence-electron chi connectivity index (χ1n) is 15.4. The molecular weight excluding hydrogens is 544 g/mol. The third-order valence-corrected chi connectivity index (χ3v) is 9.08. The molecule has 1 heterocycles. The van der Waals surface area contributed by atoms with Crippen LogP contribution in [0.15, 0.2) is 174 Å². The Bertz CT molecular complexity index is 2460. The molecule has 0 aliphatic rings. The van der Waals surface area contributed by atoms with Gasteiger partial charge in [-0.3, -0.25) is 0 Å². The summed E-state index contributed by atoms with van der Waals surface area (Å²) in [6.45, 7) is 0. The molecule has 0 fully saturated rings. The third-order valence-electron chi connectivity index (χ3n) is 9.08. The fourth-order valence-electron chi connectivity index (χ4n) is 7.03. The zero-order chi connectivity index (χ0) is 29.7. The standard InChI is InChI=1S/C44H28O/c1-2-12-29(13-3-1)30-24-26-31(27-25-30)42-36-17-4-6-19-38(36)43(39-20-7-5-18-37(39)42)33-15-10-14-32(28-33)34-21-11-22-40-35-16-8-9-23-41(35)45-44(34)40/h1-28H. The van der Waals surface area contributed by atoms with E-state index in [9.17, 15) is 0 Å². The molecule has 0 saturated carbocycles. The van der Waals surface area contributed by atoms with Crippen LogP contribution in [0.1, 0.15) is 0 Å². The average Bonchev–Trinajstić information content (AvgIpc) is 3.50. The summed E-state index contributed by atoms with van der Waals surface area (Å²) < 4.78 is 6.43. The molecule has 8 aromatic carbocycles. The number of furan rings is 1. The zero-order valence-electron chi connectivity index (χ0n) is 24.6. The van der Waals surface area contributed by atoms with Crippen LogP contribution in [-0.2, 0) is 0 Å². The summed E-state index contributed by atoms with van der Waals surface area (Å²) in [5.41, 5.74) is 11.5. The van der Waals surface area contributed by atoms with Crippen LogP contribution in [0.5, 0.6) is 0 Å². The van der Waals surface area contributed by atoms with Gasteiger partial charge in [-0.05, 0) is 72.6 Å². The van der Waals surface area contributed by atoms with E-state index in [0.29, 0.717) is 0 Å². The van der Waals surface area contributed by atoms with Crippen molar-refractivity contribution < 1.29 is 4.42 Å². The number of benzene rings is 8. The van der Waals surface area contributed by atoms with E-state index >= 15 is 0 Å². The summed E-state index contributed by atoms with van der Waals surface area (Å²) in [6, 6.07) is 61.0. The Morgan fingerprint density at radius 1 is 0.289 bits per heavy atom. The molecule has 0 bridgehead atoms. The molecule has 1 nitrogen and oxygen atoms in total. The summed E-state index contributed by atoms with van der Waals surface area (Å²) in [5, 5.41) is 7.30. The van der Waals surface area contributed by atoms with E-state index < -0.39 is 0 Å². The first-order chi connectivity index (χ1) is 22.3. The largest absolute Gasteiger partial charge is 0.455 e. The van der Waals surface area contributed by atoms with E-state index in [0.717, 1.165) is 33.1 Å². The molecule has 0 aliphatic carbocycles. The Labute approximate surface area is 261 Å². The van der Waals surface area contributed by atoms with Gasteiger partial charge in [-0.25, -0.2) is 0 Å². The molecule has 0 amide bonds. The van der Waals surface area contributed by atoms with Crippen LogP contribution in [0.3, 0.4) is 0 Å². The minimum atomic E-state index is 0.917. The van der Waals surface area contributed by atoms with Gasteiger partial charge in [0.05, 0.1) is 0 Å². The molecule has 0 unspecified atom stereocenters. The first-order valence-corrected chi connectivity index (χ1v) is 15.4. The molecule has 0 spiro atoms. The van der Waals surface area contributed by atoms with Gasteiger partial charge in [0.25, 0.3) is 0 Å². The highest BCUT2D eigenvalue weighted by Crippen LogP contribution is 2.45. The third kappa shape index (κ3) is 4.17. The molecule has 0 atom stereocenters. The minimum absolute atomic E-state index is 0.917. The highest BCUT2D eigenvalue weighted by molar-refractivity contribution is 6.21. The lowest BCUT2D eigenvalue weighted by atomic mass is 9.85. The summed E-state index contributed by atoms with van der Waals surface area (Å²) in [5.74, 6) is 0. The Hall–Kier alpha value is -5.92. The number of para-hydroxylation sites is 2. The maximum Gasteiger partial charge on any atom is 0.143 e. The van der Waals surface area contributed by atoms with Crippen molar-refractivity contribution in [2.75, 3.05) is 0 Å². The molecule has 210 valence electrons. The van der Waals surface area contributed by atoms with Gasteiger partial charge in [-0.15, -0.1) is 0 Å². The lowest BCUT2D eigenvalue weighted by Crippen LogP contribution is -1.91. The average molecular weight is 573 g/mol. The molecule has 1 aromatic heterocycles. The van der Waals surface area contributed by atoms with Crippen molar-refractivity contribution in [3.8, 4) is 44.5 Å². The number of rotatable bonds is 4. The van der Waals surface area contributed by atoms with Gasteiger partial charge >= 0.3 is 0 Å². The van der Waals surface area contributed by atoms with Gasteiger partial charge in [-0.2, -0.15) is 0 Å². The maximum atomic E-state index is 6.43. The summed E-state index contributed by atoms with van der Waals surface area (Å²) >= 11 is 0. The second-order valence-corrected chi connectivity index (χ2v) is 11.6. The first kappa shape index (κ1) is 25.6. The fraction of sp³-hybridized carbons (Fsp3) is 0.